The van der Waals surface area contributed by atoms with E-state index in [1.54, 1.807) is 13.2 Å². The second-order valence-electron chi connectivity index (χ2n) is 4.48. The van der Waals surface area contributed by atoms with E-state index in [-0.39, 0.29) is 12.4 Å². The molecule has 0 fully saturated rings. The summed E-state index contributed by atoms with van der Waals surface area (Å²) >= 11 is 0. The zero-order chi connectivity index (χ0) is 13.4. The molecule has 0 bridgehead atoms. The van der Waals surface area contributed by atoms with Crippen molar-refractivity contribution in [3.8, 4) is 5.75 Å². The molecular formula is C14H22FNO2. The molecule has 0 saturated heterocycles. The molecule has 0 aromatic heterocycles. The number of hydrogen-bond acceptors (Lipinski definition) is 3. The van der Waals surface area contributed by atoms with Gasteiger partial charge in [0.25, 0.3) is 0 Å². The number of nitrogens with zero attached hydrogens (tertiary/aromatic N) is 1. The lowest BCUT2D eigenvalue weighted by atomic mass is 10.1. The van der Waals surface area contributed by atoms with Gasteiger partial charge in [0.2, 0.25) is 0 Å². The highest BCUT2D eigenvalue weighted by Gasteiger charge is 2.07. The van der Waals surface area contributed by atoms with Crippen LogP contribution in [0.3, 0.4) is 0 Å². The van der Waals surface area contributed by atoms with E-state index in [2.05, 4.69) is 4.90 Å². The second-order valence-corrected chi connectivity index (χ2v) is 4.48. The third-order valence-corrected chi connectivity index (χ3v) is 2.88. The van der Waals surface area contributed by atoms with Crippen molar-refractivity contribution in [3.05, 3.63) is 29.6 Å². The van der Waals surface area contributed by atoms with Crippen LogP contribution in [0, 0.1) is 5.82 Å². The number of methoxy groups -OCH3 is 1. The Kier molecular flexibility index (Phi) is 6.68. The Balaban J connectivity index is 2.47. The van der Waals surface area contributed by atoms with Crippen molar-refractivity contribution in [1.29, 1.82) is 0 Å². The Labute approximate surface area is 108 Å². The lowest BCUT2D eigenvalue weighted by molar-refractivity contribution is 0.270. The Morgan fingerprint density at radius 1 is 1.28 bits per heavy atom. The fourth-order valence-corrected chi connectivity index (χ4v) is 1.91. The van der Waals surface area contributed by atoms with Gasteiger partial charge >= 0.3 is 0 Å². The molecule has 0 amide bonds. The quantitative estimate of drug-likeness (QED) is 0.724. The molecular weight excluding hydrogens is 233 g/mol. The van der Waals surface area contributed by atoms with Crippen molar-refractivity contribution in [2.45, 2.75) is 25.8 Å². The standard InChI is InChI=1S/C14H22FNO2/c1-16(8-4-3-5-9-17)11-12-10-13(15)6-7-14(12)18-2/h6-7,10,17H,3-5,8-9,11H2,1-2H3. The molecule has 0 aliphatic heterocycles. The molecule has 0 spiro atoms. The minimum Gasteiger partial charge on any atom is -0.496 e. The normalized spacial score (nSPS) is 10.9. The van der Waals surface area contributed by atoms with Crippen LogP contribution in [0.25, 0.3) is 0 Å². The highest BCUT2D eigenvalue weighted by atomic mass is 19.1. The number of benzene rings is 1. The van der Waals surface area contributed by atoms with E-state index in [9.17, 15) is 4.39 Å². The minimum atomic E-state index is -0.237. The maximum atomic E-state index is 13.2. The van der Waals surface area contributed by atoms with Gasteiger partial charge in [-0.05, 0) is 51.1 Å². The van der Waals surface area contributed by atoms with Crippen LogP contribution in [0.5, 0.6) is 5.75 Å². The molecule has 0 aliphatic carbocycles. The summed E-state index contributed by atoms with van der Waals surface area (Å²) in [5.41, 5.74) is 0.863. The van der Waals surface area contributed by atoms with E-state index < -0.39 is 0 Å². The molecule has 0 saturated carbocycles. The van der Waals surface area contributed by atoms with Crippen LogP contribution in [0.15, 0.2) is 18.2 Å². The number of aliphatic hydroxyl groups excluding tert-OH is 1. The van der Waals surface area contributed by atoms with Gasteiger partial charge in [0.15, 0.2) is 0 Å². The highest BCUT2D eigenvalue weighted by molar-refractivity contribution is 5.33. The zero-order valence-corrected chi connectivity index (χ0v) is 11.2. The summed E-state index contributed by atoms with van der Waals surface area (Å²) in [5, 5.41) is 8.69. The first-order chi connectivity index (χ1) is 8.67. The van der Waals surface area contributed by atoms with Crippen LogP contribution in [-0.2, 0) is 6.54 Å². The van der Waals surface area contributed by atoms with E-state index in [0.717, 1.165) is 37.1 Å². The summed E-state index contributed by atoms with van der Waals surface area (Å²) in [6.45, 7) is 1.85. The molecule has 3 nitrogen and oxygen atoms in total. The second kappa shape index (κ2) is 8.06. The van der Waals surface area contributed by atoms with Crippen molar-refractivity contribution in [3.63, 3.8) is 0 Å². The Hall–Kier alpha value is -1.13. The lowest BCUT2D eigenvalue weighted by Gasteiger charge is -2.18. The molecule has 0 unspecified atom stereocenters. The first kappa shape index (κ1) is 14.9. The first-order valence-corrected chi connectivity index (χ1v) is 6.29. The molecule has 0 heterocycles. The molecule has 1 aromatic carbocycles. The van der Waals surface area contributed by atoms with E-state index in [1.165, 1.54) is 12.1 Å². The van der Waals surface area contributed by atoms with Crippen LogP contribution in [-0.4, -0.2) is 37.3 Å². The molecule has 18 heavy (non-hydrogen) atoms. The molecule has 0 atom stereocenters. The Morgan fingerprint density at radius 3 is 2.72 bits per heavy atom. The van der Waals surface area contributed by atoms with Crippen LogP contribution in [0.1, 0.15) is 24.8 Å². The topological polar surface area (TPSA) is 32.7 Å². The third kappa shape index (κ3) is 5.02. The van der Waals surface area contributed by atoms with Crippen LogP contribution < -0.4 is 4.74 Å². The van der Waals surface area contributed by atoms with Crippen LogP contribution in [0.4, 0.5) is 4.39 Å². The fraction of sp³-hybridized carbons (Fsp3) is 0.571. The minimum absolute atomic E-state index is 0.237. The monoisotopic (exact) mass is 255 g/mol. The van der Waals surface area contributed by atoms with Gasteiger partial charge in [0.1, 0.15) is 11.6 Å². The van der Waals surface area contributed by atoms with E-state index in [4.69, 9.17) is 9.84 Å². The number of ether oxygens (including phenoxy) is 1. The number of hydrogen-bond donors (Lipinski definition) is 1. The smallest absolute Gasteiger partial charge is 0.123 e. The average molecular weight is 255 g/mol. The van der Waals surface area contributed by atoms with Gasteiger partial charge in [-0.25, -0.2) is 4.39 Å². The Morgan fingerprint density at radius 2 is 2.06 bits per heavy atom. The van der Waals surface area contributed by atoms with Crippen molar-refractivity contribution in [1.82, 2.24) is 4.90 Å². The van der Waals surface area contributed by atoms with Crippen molar-refractivity contribution in [2.24, 2.45) is 0 Å². The van der Waals surface area contributed by atoms with Crippen molar-refractivity contribution < 1.29 is 14.2 Å². The van der Waals surface area contributed by atoms with Crippen LogP contribution in [0.2, 0.25) is 0 Å². The maximum absolute atomic E-state index is 13.2. The molecule has 0 radical (unpaired) electrons. The average Bonchev–Trinajstić information content (AvgIpc) is 2.35. The van der Waals surface area contributed by atoms with Crippen LogP contribution >= 0.6 is 0 Å². The molecule has 1 rings (SSSR count). The summed E-state index contributed by atoms with van der Waals surface area (Å²) in [6, 6.07) is 4.58. The largest absolute Gasteiger partial charge is 0.496 e. The van der Waals surface area contributed by atoms with Gasteiger partial charge < -0.3 is 14.7 Å². The summed E-state index contributed by atoms with van der Waals surface area (Å²) in [6.07, 6.45) is 2.90. The molecule has 0 aliphatic rings. The molecule has 4 heteroatoms. The predicted octanol–water partition coefficient (Wildman–Crippen LogP) is 2.43. The predicted molar refractivity (Wildman–Crippen MR) is 70.2 cm³/mol. The molecule has 1 aromatic rings. The van der Waals surface area contributed by atoms with Gasteiger partial charge in [-0.3, -0.25) is 0 Å². The number of aliphatic hydroxyl groups is 1. The summed E-state index contributed by atoms with van der Waals surface area (Å²) in [4.78, 5) is 2.13. The van der Waals surface area contributed by atoms with Gasteiger partial charge in [-0.1, -0.05) is 0 Å². The van der Waals surface area contributed by atoms with Gasteiger partial charge in [0, 0.05) is 18.7 Å². The molecule has 1 N–H and O–H groups in total. The first-order valence-electron chi connectivity index (χ1n) is 6.29. The lowest BCUT2D eigenvalue weighted by Crippen LogP contribution is -2.19. The number of unbranched alkanes of at least 4 members (excludes halogenated alkanes) is 2. The van der Waals surface area contributed by atoms with Crippen molar-refractivity contribution >= 4 is 0 Å². The van der Waals surface area contributed by atoms with Gasteiger partial charge in [-0.2, -0.15) is 0 Å². The van der Waals surface area contributed by atoms with Gasteiger partial charge in [-0.15, -0.1) is 0 Å². The third-order valence-electron chi connectivity index (χ3n) is 2.88. The fourth-order valence-electron chi connectivity index (χ4n) is 1.91. The highest BCUT2D eigenvalue weighted by Crippen LogP contribution is 2.20. The number of rotatable bonds is 8. The SMILES string of the molecule is COc1ccc(F)cc1CN(C)CCCCCO. The number of halogens is 1. The van der Waals surface area contributed by atoms with E-state index in [0.29, 0.717) is 6.54 Å². The van der Waals surface area contributed by atoms with E-state index >= 15 is 0 Å². The molecule has 102 valence electrons. The Bertz CT molecular complexity index is 358. The van der Waals surface area contributed by atoms with Gasteiger partial charge in [0.05, 0.1) is 7.11 Å². The summed E-state index contributed by atoms with van der Waals surface area (Å²) in [7, 11) is 3.60. The summed E-state index contributed by atoms with van der Waals surface area (Å²) in [5.74, 6) is 0.484. The van der Waals surface area contributed by atoms with E-state index in [1.807, 2.05) is 7.05 Å². The summed E-state index contributed by atoms with van der Waals surface area (Å²) < 4.78 is 18.4. The zero-order valence-electron chi connectivity index (χ0n) is 11.2. The maximum Gasteiger partial charge on any atom is 0.123 e. The van der Waals surface area contributed by atoms with Crippen molar-refractivity contribution in [2.75, 3.05) is 27.3 Å².